The van der Waals surface area contributed by atoms with Crippen molar-refractivity contribution in [3.63, 3.8) is 0 Å². The molecule has 0 aromatic rings. The van der Waals surface area contributed by atoms with Crippen LogP contribution in [-0.4, -0.2) is 45.6 Å². The van der Waals surface area contributed by atoms with Gasteiger partial charge in [-0.2, -0.15) is 0 Å². The molecule has 1 unspecified atom stereocenters. The van der Waals surface area contributed by atoms with Crippen molar-refractivity contribution in [2.24, 2.45) is 11.8 Å². The van der Waals surface area contributed by atoms with Crippen molar-refractivity contribution in [3.05, 3.63) is 12.2 Å². The Morgan fingerprint density at radius 3 is 2.48 bits per heavy atom. The largest absolute Gasteiger partial charge is 0.458 e. The fraction of sp³-hybridized carbons (Fsp3) is 0.840. The Bertz CT molecular complexity index is 542. The Morgan fingerprint density at radius 1 is 1.06 bits per heavy atom. The SMILES string of the molecule is CCCCCCCCC=C[C@H]1CCC[C@@H]1CCCCC(O)C(O)(O)C(=O)COC(C)=O. The highest BCUT2D eigenvalue weighted by Gasteiger charge is 2.41. The molecule has 0 aromatic carbocycles. The Morgan fingerprint density at radius 2 is 1.77 bits per heavy atom. The zero-order valence-corrected chi connectivity index (χ0v) is 19.6. The lowest BCUT2D eigenvalue weighted by Crippen LogP contribution is -2.51. The molecule has 1 rings (SSSR count). The lowest BCUT2D eigenvalue weighted by atomic mass is 9.89. The van der Waals surface area contributed by atoms with Crippen LogP contribution in [0.1, 0.15) is 104 Å². The average molecular weight is 441 g/mol. The summed E-state index contributed by atoms with van der Waals surface area (Å²) in [5, 5.41) is 29.8. The second-order valence-corrected chi connectivity index (χ2v) is 9.07. The molecule has 3 atom stereocenters. The molecule has 0 amide bonds. The average Bonchev–Trinajstić information content (AvgIpc) is 3.18. The van der Waals surface area contributed by atoms with Crippen molar-refractivity contribution in [1.82, 2.24) is 0 Å². The molecule has 0 spiro atoms. The van der Waals surface area contributed by atoms with Crippen LogP contribution >= 0.6 is 0 Å². The molecule has 0 bridgehead atoms. The van der Waals surface area contributed by atoms with Crippen LogP contribution < -0.4 is 0 Å². The second-order valence-electron chi connectivity index (χ2n) is 9.07. The van der Waals surface area contributed by atoms with E-state index < -0.39 is 30.3 Å². The number of esters is 1. The van der Waals surface area contributed by atoms with Crippen LogP contribution in [0.15, 0.2) is 12.2 Å². The highest BCUT2D eigenvalue weighted by molar-refractivity contribution is 5.88. The summed E-state index contributed by atoms with van der Waals surface area (Å²) in [4.78, 5) is 22.5. The van der Waals surface area contributed by atoms with E-state index in [-0.39, 0.29) is 6.42 Å². The van der Waals surface area contributed by atoms with Gasteiger partial charge in [-0.1, -0.05) is 70.4 Å². The Kier molecular flexibility index (Phi) is 13.9. The standard InChI is InChI=1S/C25H44O6/c1-3-4-5-6-7-8-9-10-14-21-16-13-17-22(21)15-11-12-18-23(27)25(29,30)24(28)19-31-20(2)26/h10,14,21-23,27,29-30H,3-9,11-13,15-19H2,1-2H3/t21-,22-,23?/m0/s1. The van der Waals surface area contributed by atoms with Gasteiger partial charge in [0, 0.05) is 6.92 Å². The molecule has 0 saturated heterocycles. The normalized spacial score (nSPS) is 20.3. The number of hydrogen-bond acceptors (Lipinski definition) is 6. The number of unbranched alkanes of at least 4 members (excludes halogenated alkanes) is 7. The van der Waals surface area contributed by atoms with E-state index in [0.717, 1.165) is 26.2 Å². The zero-order valence-electron chi connectivity index (χ0n) is 19.6. The Balaban J connectivity index is 2.24. The molecule has 3 N–H and O–H groups in total. The monoisotopic (exact) mass is 440 g/mol. The molecule has 1 saturated carbocycles. The van der Waals surface area contributed by atoms with Gasteiger partial charge < -0.3 is 20.1 Å². The van der Waals surface area contributed by atoms with Gasteiger partial charge >= 0.3 is 5.97 Å². The van der Waals surface area contributed by atoms with Crippen molar-refractivity contribution in [2.75, 3.05) is 6.61 Å². The van der Waals surface area contributed by atoms with E-state index in [2.05, 4.69) is 23.8 Å². The molecule has 1 fully saturated rings. The molecule has 0 radical (unpaired) electrons. The molecule has 6 heteroatoms. The van der Waals surface area contributed by atoms with Crippen LogP contribution in [0.25, 0.3) is 0 Å². The number of carbonyl (C=O) groups excluding carboxylic acids is 2. The van der Waals surface area contributed by atoms with Crippen LogP contribution in [0.4, 0.5) is 0 Å². The van der Waals surface area contributed by atoms with Crippen LogP contribution in [0, 0.1) is 11.8 Å². The Hall–Kier alpha value is -1.24. The molecule has 1 aliphatic carbocycles. The van der Waals surface area contributed by atoms with Gasteiger partial charge in [-0.15, -0.1) is 0 Å². The first kappa shape index (κ1) is 27.8. The van der Waals surface area contributed by atoms with E-state index in [1.165, 1.54) is 57.8 Å². The van der Waals surface area contributed by atoms with Gasteiger partial charge in [0.05, 0.1) is 0 Å². The van der Waals surface area contributed by atoms with Gasteiger partial charge in [-0.25, -0.2) is 0 Å². The third-order valence-electron chi connectivity index (χ3n) is 6.41. The van der Waals surface area contributed by atoms with Gasteiger partial charge in [0.1, 0.15) is 6.10 Å². The van der Waals surface area contributed by atoms with E-state index in [0.29, 0.717) is 18.3 Å². The predicted octanol–water partition coefficient (Wildman–Crippen LogP) is 4.44. The minimum Gasteiger partial charge on any atom is -0.458 e. The summed E-state index contributed by atoms with van der Waals surface area (Å²) in [6.07, 6.45) is 18.6. The minimum atomic E-state index is -2.88. The number of carbonyl (C=O) groups is 2. The summed E-state index contributed by atoms with van der Waals surface area (Å²) in [6.45, 7) is 2.61. The van der Waals surface area contributed by atoms with Crippen molar-refractivity contribution >= 4 is 11.8 Å². The highest BCUT2D eigenvalue weighted by Crippen LogP contribution is 2.36. The fourth-order valence-corrected chi connectivity index (χ4v) is 4.40. The molecule has 0 aromatic heterocycles. The topological polar surface area (TPSA) is 104 Å². The fourth-order valence-electron chi connectivity index (χ4n) is 4.40. The number of rotatable bonds is 17. The quantitative estimate of drug-likeness (QED) is 0.134. The molecule has 180 valence electrons. The number of aliphatic hydroxyl groups excluding tert-OH is 1. The molecule has 0 aliphatic heterocycles. The lowest BCUT2D eigenvalue weighted by molar-refractivity contribution is -0.223. The predicted molar refractivity (Wildman–Crippen MR) is 121 cm³/mol. The smallest absolute Gasteiger partial charge is 0.303 e. The maximum atomic E-state index is 11.8. The van der Waals surface area contributed by atoms with Gasteiger partial charge in [0.15, 0.2) is 6.61 Å². The van der Waals surface area contributed by atoms with Crippen LogP contribution in [0.5, 0.6) is 0 Å². The van der Waals surface area contributed by atoms with Gasteiger partial charge in [0.2, 0.25) is 5.78 Å². The summed E-state index contributed by atoms with van der Waals surface area (Å²) in [5.41, 5.74) is 0. The summed E-state index contributed by atoms with van der Waals surface area (Å²) in [5.74, 6) is -3.40. The molecule has 1 aliphatic rings. The first-order valence-electron chi connectivity index (χ1n) is 12.2. The molecule has 0 heterocycles. The first-order valence-corrected chi connectivity index (χ1v) is 12.2. The second kappa shape index (κ2) is 15.5. The number of aliphatic hydroxyl groups is 3. The lowest BCUT2D eigenvalue weighted by Gasteiger charge is -2.26. The maximum absolute atomic E-state index is 11.8. The highest BCUT2D eigenvalue weighted by atomic mass is 16.6. The first-order chi connectivity index (χ1) is 14.8. The van der Waals surface area contributed by atoms with Crippen LogP contribution in [0.3, 0.4) is 0 Å². The van der Waals surface area contributed by atoms with Gasteiger partial charge in [-0.05, 0) is 50.4 Å². The molecule has 6 nitrogen and oxygen atoms in total. The van der Waals surface area contributed by atoms with E-state index in [9.17, 15) is 24.9 Å². The summed E-state index contributed by atoms with van der Waals surface area (Å²) in [6, 6.07) is 0. The van der Waals surface area contributed by atoms with Crippen molar-refractivity contribution in [1.29, 1.82) is 0 Å². The molecule has 31 heavy (non-hydrogen) atoms. The number of ether oxygens (including phenoxy) is 1. The van der Waals surface area contributed by atoms with Gasteiger partial charge in [0.25, 0.3) is 5.79 Å². The zero-order chi connectivity index (χ0) is 23.1. The molecular weight excluding hydrogens is 396 g/mol. The van der Waals surface area contributed by atoms with Gasteiger partial charge in [-0.3, -0.25) is 9.59 Å². The van der Waals surface area contributed by atoms with Crippen LogP contribution in [-0.2, 0) is 14.3 Å². The third kappa shape index (κ3) is 11.3. The van der Waals surface area contributed by atoms with Crippen molar-refractivity contribution < 1.29 is 29.6 Å². The van der Waals surface area contributed by atoms with E-state index in [1.807, 2.05) is 0 Å². The van der Waals surface area contributed by atoms with E-state index in [1.54, 1.807) is 0 Å². The van der Waals surface area contributed by atoms with Crippen LogP contribution in [0.2, 0.25) is 0 Å². The minimum absolute atomic E-state index is 0.115. The van der Waals surface area contributed by atoms with E-state index in [4.69, 9.17) is 0 Å². The van der Waals surface area contributed by atoms with Crippen molar-refractivity contribution in [2.45, 2.75) is 116 Å². The number of hydrogen-bond donors (Lipinski definition) is 3. The molecular formula is C25H44O6. The Labute approximate surface area is 188 Å². The summed E-state index contributed by atoms with van der Waals surface area (Å²) >= 11 is 0. The number of Topliss-reactive ketones (excluding diaryl/α,β-unsaturated/α-hetero) is 1. The summed E-state index contributed by atoms with van der Waals surface area (Å²) < 4.78 is 4.49. The third-order valence-corrected chi connectivity index (χ3v) is 6.41. The maximum Gasteiger partial charge on any atom is 0.303 e. The van der Waals surface area contributed by atoms with Crippen molar-refractivity contribution in [3.8, 4) is 0 Å². The number of allylic oxidation sites excluding steroid dienone is 2. The van der Waals surface area contributed by atoms with E-state index >= 15 is 0 Å². The number of ketones is 1. The summed E-state index contributed by atoms with van der Waals surface area (Å²) in [7, 11) is 0.